The first-order valence-electron chi connectivity index (χ1n) is 5.88. The van der Waals surface area contributed by atoms with Crippen molar-refractivity contribution in [3.05, 3.63) is 29.8 Å². The highest BCUT2D eigenvalue weighted by molar-refractivity contribution is 5.78. The Morgan fingerprint density at radius 1 is 1.44 bits per heavy atom. The van der Waals surface area contributed by atoms with Crippen LogP contribution in [0.4, 0.5) is 0 Å². The lowest BCUT2D eigenvalue weighted by molar-refractivity contribution is -0.144. The minimum Gasteiger partial charge on any atom is -0.497 e. The van der Waals surface area contributed by atoms with E-state index in [2.05, 4.69) is 0 Å². The third-order valence-corrected chi connectivity index (χ3v) is 2.98. The Labute approximate surface area is 106 Å². The van der Waals surface area contributed by atoms with Crippen LogP contribution in [-0.2, 0) is 9.53 Å². The maximum atomic E-state index is 11.5. The normalized spacial score (nSPS) is 17.7. The van der Waals surface area contributed by atoms with Crippen LogP contribution in [0.2, 0.25) is 0 Å². The SMILES string of the molecule is COc1ccc(C(O)CN2CCOCC2=O)cc1. The molecule has 1 N–H and O–H groups in total. The summed E-state index contributed by atoms with van der Waals surface area (Å²) in [5.41, 5.74) is 0.773. The topological polar surface area (TPSA) is 59.0 Å². The summed E-state index contributed by atoms with van der Waals surface area (Å²) in [6.45, 7) is 1.47. The van der Waals surface area contributed by atoms with Crippen molar-refractivity contribution in [3.8, 4) is 5.75 Å². The van der Waals surface area contributed by atoms with Crippen LogP contribution in [-0.4, -0.2) is 49.3 Å². The first-order chi connectivity index (χ1) is 8.70. The highest BCUT2D eigenvalue weighted by Crippen LogP contribution is 2.19. The Kier molecular flexibility index (Phi) is 4.17. The summed E-state index contributed by atoms with van der Waals surface area (Å²) in [5, 5.41) is 10.1. The zero-order valence-corrected chi connectivity index (χ0v) is 10.3. The number of aliphatic hydroxyl groups is 1. The van der Waals surface area contributed by atoms with Gasteiger partial charge in [-0.25, -0.2) is 0 Å². The Bertz CT molecular complexity index is 404. The molecule has 18 heavy (non-hydrogen) atoms. The quantitative estimate of drug-likeness (QED) is 0.850. The molecule has 1 aromatic rings. The van der Waals surface area contributed by atoms with E-state index in [1.54, 1.807) is 36.3 Å². The van der Waals surface area contributed by atoms with Gasteiger partial charge in [-0.2, -0.15) is 0 Å². The van der Waals surface area contributed by atoms with Gasteiger partial charge in [-0.15, -0.1) is 0 Å². The molecule has 1 fully saturated rings. The van der Waals surface area contributed by atoms with E-state index in [-0.39, 0.29) is 12.5 Å². The zero-order chi connectivity index (χ0) is 13.0. The molecule has 1 saturated heterocycles. The molecule has 1 aliphatic rings. The fourth-order valence-corrected chi connectivity index (χ4v) is 1.88. The second-order valence-corrected chi connectivity index (χ2v) is 4.18. The summed E-state index contributed by atoms with van der Waals surface area (Å²) >= 11 is 0. The van der Waals surface area contributed by atoms with Crippen LogP contribution in [0.1, 0.15) is 11.7 Å². The fraction of sp³-hybridized carbons (Fsp3) is 0.462. The number of methoxy groups -OCH3 is 1. The van der Waals surface area contributed by atoms with E-state index in [4.69, 9.17) is 9.47 Å². The van der Waals surface area contributed by atoms with E-state index in [0.29, 0.717) is 19.7 Å². The monoisotopic (exact) mass is 251 g/mol. The lowest BCUT2D eigenvalue weighted by Crippen LogP contribution is -2.43. The molecule has 98 valence electrons. The van der Waals surface area contributed by atoms with E-state index in [0.717, 1.165) is 11.3 Å². The van der Waals surface area contributed by atoms with Gasteiger partial charge in [0, 0.05) is 6.54 Å². The average molecular weight is 251 g/mol. The van der Waals surface area contributed by atoms with Gasteiger partial charge in [0.25, 0.3) is 0 Å². The van der Waals surface area contributed by atoms with Gasteiger partial charge in [0.1, 0.15) is 12.4 Å². The van der Waals surface area contributed by atoms with Crippen molar-refractivity contribution in [2.24, 2.45) is 0 Å². The number of aliphatic hydroxyl groups excluding tert-OH is 1. The molecule has 0 saturated carbocycles. The number of hydrogen-bond donors (Lipinski definition) is 1. The highest BCUT2D eigenvalue weighted by Gasteiger charge is 2.21. The molecule has 0 radical (unpaired) electrons. The number of nitrogens with zero attached hydrogens (tertiary/aromatic N) is 1. The summed E-state index contributed by atoms with van der Waals surface area (Å²) in [6.07, 6.45) is -0.682. The van der Waals surface area contributed by atoms with E-state index in [1.807, 2.05) is 0 Å². The van der Waals surface area contributed by atoms with Gasteiger partial charge in [0.2, 0.25) is 5.91 Å². The van der Waals surface area contributed by atoms with Crippen LogP contribution in [0.25, 0.3) is 0 Å². The predicted octanol–water partition coefficient (Wildman–Crippen LogP) is 0.587. The molecular formula is C13H17NO4. The first-order valence-corrected chi connectivity index (χ1v) is 5.88. The number of morpholine rings is 1. The Morgan fingerprint density at radius 2 is 2.17 bits per heavy atom. The molecule has 2 rings (SSSR count). The van der Waals surface area contributed by atoms with Crippen molar-refractivity contribution in [3.63, 3.8) is 0 Å². The van der Waals surface area contributed by atoms with Crippen molar-refractivity contribution in [2.75, 3.05) is 33.4 Å². The van der Waals surface area contributed by atoms with Crippen molar-refractivity contribution in [2.45, 2.75) is 6.10 Å². The van der Waals surface area contributed by atoms with E-state index >= 15 is 0 Å². The molecule has 1 unspecified atom stereocenters. The van der Waals surface area contributed by atoms with Crippen molar-refractivity contribution < 1.29 is 19.4 Å². The number of amides is 1. The Morgan fingerprint density at radius 3 is 2.78 bits per heavy atom. The van der Waals surface area contributed by atoms with Crippen LogP contribution in [0.5, 0.6) is 5.75 Å². The second kappa shape index (κ2) is 5.84. The number of carbonyl (C=O) groups excluding carboxylic acids is 1. The number of rotatable bonds is 4. The number of β-amino-alcohol motifs (C(OH)–C–C–N with tert-alkyl or cyclic N) is 1. The first kappa shape index (κ1) is 12.9. The van der Waals surface area contributed by atoms with Gasteiger partial charge in [-0.3, -0.25) is 4.79 Å². The molecule has 0 spiro atoms. The third kappa shape index (κ3) is 3.00. The van der Waals surface area contributed by atoms with Crippen molar-refractivity contribution in [1.82, 2.24) is 4.90 Å². The highest BCUT2D eigenvalue weighted by atomic mass is 16.5. The van der Waals surface area contributed by atoms with E-state index < -0.39 is 6.10 Å². The summed E-state index contributed by atoms with van der Waals surface area (Å²) in [4.78, 5) is 13.2. The molecule has 1 heterocycles. The summed E-state index contributed by atoms with van der Waals surface area (Å²) in [7, 11) is 1.60. The van der Waals surface area contributed by atoms with Crippen LogP contribution < -0.4 is 4.74 Å². The van der Waals surface area contributed by atoms with Gasteiger partial charge in [0.15, 0.2) is 0 Å². The summed E-state index contributed by atoms with van der Waals surface area (Å²) < 4.78 is 10.1. The van der Waals surface area contributed by atoms with Gasteiger partial charge in [-0.1, -0.05) is 12.1 Å². The second-order valence-electron chi connectivity index (χ2n) is 4.18. The van der Waals surface area contributed by atoms with Crippen molar-refractivity contribution in [1.29, 1.82) is 0 Å². The maximum absolute atomic E-state index is 11.5. The van der Waals surface area contributed by atoms with Crippen molar-refractivity contribution >= 4 is 5.91 Å². The Hall–Kier alpha value is -1.59. The standard InChI is InChI=1S/C13H17NO4/c1-17-11-4-2-10(3-5-11)12(15)8-14-6-7-18-9-13(14)16/h2-5,12,15H,6-9H2,1H3. The minimum atomic E-state index is -0.682. The van der Waals surface area contributed by atoms with Gasteiger partial charge in [-0.05, 0) is 17.7 Å². The molecule has 0 aliphatic carbocycles. The molecule has 1 amide bonds. The maximum Gasteiger partial charge on any atom is 0.248 e. The fourth-order valence-electron chi connectivity index (χ4n) is 1.88. The van der Waals surface area contributed by atoms with Crippen LogP contribution in [0, 0.1) is 0 Å². The lowest BCUT2D eigenvalue weighted by atomic mass is 10.1. The number of benzene rings is 1. The zero-order valence-electron chi connectivity index (χ0n) is 10.3. The molecular weight excluding hydrogens is 234 g/mol. The smallest absolute Gasteiger partial charge is 0.248 e. The van der Waals surface area contributed by atoms with E-state index in [9.17, 15) is 9.90 Å². The van der Waals surface area contributed by atoms with Gasteiger partial charge in [0.05, 0.1) is 26.4 Å². The van der Waals surface area contributed by atoms with Gasteiger partial charge >= 0.3 is 0 Å². The van der Waals surface area contributed by atoms with Crippen LogP contribution in [0.3, 0.4) is 0 Å². The van der Waals surface area contributed by atoms with Crippen LogP contribution >= 0.6 is 0 Å². The van der Waals surface area contributed by atoms with E-state index in [1.165, 1.54) is 0 Å². The van der Waals surface area contributed by atoms with Crippen LogP contribution in [0.15, 0.2) is 24.3 Å². The summed E-state index contributed by atoms with van der Waals surface area (Å²) in [5.74, 6) is 0.669. The lowest BCUT2D eigenvalue weighted by Gasteiger charge is -2.28. The predicted molar refractivity (Wildman–Crippen MR) is 65.4 cm³/mol. The molecule has 1 aromatic carbocycles. The number of carbonyl (C=O) groups is 1. The molecule has 0 aromatic heterocycles. The largest absolute Gasteiger partial charge is 0.497 e. The molecule has 5 nitrogen and oxygen atoms in total. The number of hydrogen-bond acceptors (Lipinski definition) is 4. The molecule has 5 heteroatoms. The molecule has 1 atom stereocenters. The third-order valence-electron chi connectivity index (χ3n) is 2.98. The van der Waals surface area contributed by atoms with Gasteiger partial charge < -0.3 is 19.5 Å². The Balaban J connectivity index is 1.97. The molecule has 1 aliphatic heterocycles. The summed E-state index contributed by atoms with van der Waals surface area (Å²) in [6, 6.07) is 7.18. The average Bonchev–Trinajstić information content (AvgIpc) is 2.41. The minimum absolute atomic E-state index is 0.0752. The number of ether oxygens (including phenoxy) is 2. The molecule has 0 bridgehead atoms.